The average molecular weight is 390 g/mol. The van der Waals surface area contributed by atoms with Crippen molar-refractivity contribution in [2.24, 2.45) is 5.16 Å². The molecular formula is C18H17Cl2N5O. The van der Waals surface area contributed by atoms with Crippen molar-refractivity contribution in [3.8, 4) is 0 Å². The van der Waals surface area contributed by atoms with E-state index in [0.717, 1.165) is 33.6 Å². The Bertz CT molecular complexity index is 935. The second-order valence-corrected chi connectivity index (χ2v) is 5.30. The Balaban J connectivity index is 0.00000121. The highest BCUT2D eigenvalue weighted by Crippen LogP contribution is 2.17. The number of rotatable bonds is 5. The fourth-order valence-corrected chi connectivity index (χ4v) is 2.48. The molecule has 0 saturated heterocycles. The summed E-state index contributed by atoms with van der Waals surface area (Å²) < 4.78 is 0. The standard InChI is InChI=1S/C18H15N5O.2ClH/c1-2-4-13(5-3-1)18(23-24-11-15-9-20-12-21-15)16-8-14-6-7-19-10-17(14)22-16;;/h1-10,12,22H,11H2,(H,20,21);2*1H/b23-18+;;. The van der Waals surface area contributed by atoms with E-state index in [-0.39, 0.29) is 24.8 Å². The molecule has 0 aliphatic rings. The number of aromatic nitrogens is 4. The number of H-pyrrole nitrogens is 2. The molecule has 26 heavy (non-hydrogen) atoms. The van der Waals surface area contributed by atoms with Crippen molar-refractivity contribution in [1.29, 1.82) is 0 Å². The minimum absolute atomic E-state index is 0. The maximum Gasteiger partial charge on any atom is 0.158 e. The van der Waals surface area contributed by atoms with Gasteiger partial charge in [0, 0.05) is 17.1 Å². The van der Waals surface area contributed by atoms with Crippen molar-refractivity contribution >= 4 is 41.4 Å². The number of halogens is 2. The van der Waals surface area contributed by atoms with Gasteiger partial charge in [-0.1, -0.05) is 35.5 Å². The summed E-state index contributed by atoms with van der Waals surface area (Å²) in [5.74, 6) is 0. The van der Waals surface area contributed by atoms with E-state index < -0.39 is 0 Å². The van der Waals surface area contributed by atoms with Gasteiger partial charge in [0.2, 0.25) is 0 Å². The molecule has 4 aromatic rings. The Hall–Kier alpha value is -2.83. The van der Waals surface area contributed by atoms with Crippen LogP contribution in [0.15, 0.2) is 72.5 Å². The lowest BCUT2D eigenvalue weighted by Crippen LogP contribution is -2.05. The molecule has 134 valence electrons. The number of aromatic amines is 2. The van der Waals surface area contributed by atoms with E-state index >= 15 is 0 Å². The first-order valence-corrected chi connectivity index (χ1v) is 7.56. The van der Waals surface area contributed by atoms with Gasteiger partial charge >= 0.3 is 0 Å². The van der Waals surface area contributed by atoms with Crippen molar-refractivity contribution in [2.75, 3.05) is 0 Å². The third kappa shape index (κ3) is 4.22. The summed E-state index contributed by atoms with van der Waals surface area (Å²) in [5.41, 5.74) is 4.43. The summed E-state index contributed by atoms with van der Waals surface area (Å²) in [6.45, 7) is 0.331. The number of fused-ring (bicyclic) bond motifs is 1. The quantitative estimate of drug-likeness (QED) is 0.398. The normalized spacial score (nSPS) is 10.8. The second kappa shape index (κ2) is 9.03. The maximum atomic E-state index is 5.53. The van der Waals surface area contributed by atoms with Crippen LogP contribution in [0.5, 0.6) is 0 Å². The molecule has 3 heterocycles. The minimum atomic E-state index is 0. The molecule has 0 aliphatic heterocycles. The number of oxime groups is 1. The number of hydrogen-bond donors (Lipinski definition) is 2. The molecule has 0 unspecified atom stereocenters. The zero-order valence-electron chi connectivity index (χ0n) is 13.6. The van der Waals surface area contributed by atoms with Crippen LogP contribution in [-0.2, 0) is 11.4 Å². The lowest BCUT2D eigenvalue weighted by molar-refractivity contribution is 0.128. The number of pyridine rings is 1. The zero-order valence-corrected chi connectivity index (χ0v) is 15.3. The molecule has 2 N–H and O–H groups in total. The van der Waals surface area contributed by atoms with Crippen molar-refractivity contribution in [3.63, 3.8) is 0 Å². The molecule has 0 fully saturated rings. The summed E-state index contributed by atoms with van der Waals surface area (Å²) in [6, 6.07) is 13.9. The summed E-state index contributed by atoms with van der Waals surface area (Å²) in [7, 11) is 0. The molecule has 0 bridgehead atoms. The van der Waals surface area contributed by atoms with Crippen molar-refractivity contribution in [2.45, 2.75) is 6.61 Å². The van der Waals surface area contributed by atoms with Crippen molar-refractivity contribution < 1.29 is 4.84 Å². The van der Waals surface area contributed by atoms with Crippen LogP contribution in [0, 0.1) is 0 Å². The van der Waals surface area contributed by atoms with E-state index in [1.165, 1.54) is 0 Å². The maximum absolute atomic E-state index is 5.53. The minimum Gasteiger partial charge on any atom is -0.389 e. The first-order chi connectivity index (χ1) is 11.9. The van der Waals surface area contributed by atoms with Crippen LogP contribution in [0.4, 0.5) is 0 Å². The SMILES string of the molecule is Cl.Cl.c1ccc(/C(=N\OCc2cnc[nH]2)c2cc3ccncc3[nH]2)cc1. The third-order valence-electron chi connectivity index (χ3n) is 3.66. The van der Waals surface area contributed by atoms with Gasteiger partial charge in [0.1, 0.15) is 5.71 Å². The Kier molecular flexibility index (Phi) is 6.77. The Morgan fingerprint density at radius 2 is 1.88 bits per heavy atom. The third-order valence-corrected chi connectivity index (χ3v) is 3.66. The summed E-state index contributed by atoms with van der Waals surface area (Å²) in [4.78, 5) is 20.0. The van der Waals surface area contributed by atoms with E-state index in [4.69, 9.17) is 4.84 Å². The molecule has 0 amide bonds. The lowest BCUT2D eigenvalue weighted by atomic mass is 10.1. The fourth-order valence-electron chi connectivity index (χ4n) is 2.48. The number of nitrogens with zero attached hydrogens (tertiary/aromatic N) is 3. The number of benzene rings is 1. The van der Waals surface area contributed by atoms with Gasteiger partial charge in [0.15, 0.2) is 6.61 Å². The first kappa shape index (κ1) is 19.5. The van der Waals surface area contributed by atoms with Crippen molar-refractivity contribution in [3.05, 3.63) is 84.3 Å². The Labute approximate surface area is 162 Å². The number of hydrogen-bond acceptors (Lipinski definition) is 4. The predicted molar refractivity (Wildman–Crippen MR) is 106 cm³/mol. The molecule has 8 heteroatoms. The highest BCUT2D eigenvalue weighted by atomic mass is 35.5. The molecule has 1 aromatic carbocycles. The molecule has 0 atom stereocenters. The highest BCUT2D eigenvalue weighted by Gasteiger charge is 2.11. The molecule has 0 radical (unpaired) electrons. The van der Waals surface area contributed by atoms with E-state index in [1.54, 1.807) is 24.9 Å². The molecule has 3 aromatic heterocycles. The van der Waals surface area contributed by atoms with Crippen LogP contribution in [0.1, 0.15) is 17.0 Å². The number of imidazole rings is 1. The molecule has 0 saturated carbocycles. The largest absolute Gasteiger partial charge is 0.389 e. The van der Waals surface area contributed by atoms with E-state index in [9.17, 15) is 0 Å². The van der Waals surface area contributed by atoms with Crippen molar-refractivity contribution in [1.82, 2.24) is 19.9 Å². The fraction of sp³-hybridized carbons (Fsp3) is 0.0556. The van der Waals surface area contributed by atoms with Gasteiger partial charge in [-0.15, -0.1) is 24.8 Å². The Morgan fingerprint density at radius 3 is 2.62 bits per heavy atom. The molecular weight excluding hydrogens is 373 g/mol. The topological polar surface area (TPSA) is 79.0 Å². The van der Waals surface area contributed by atoms with E-state index in [1.807, 2.05) is 42.5 Å². The first-order valence-electron chi connectivity index (χ1n) is 7.56. The molecule has 0 aliphatic carbocycles. The van der Waals surface area contributed by atoms with Gasteiger partial charge in [-0.25, -0.2) is 4.98 Å². The lowest BCUT2D eigenvalue weighted by Gasteiger charge is -2.05. The van der Waals surface area contributed by atoms with Crippen LogP contribution < -0.4 is 0 Å². The van der Waals surface area contributed by atoms with Crippen LogP contribution in [0.3, 0.4) is 0 Å². The second-order valence-electron chi connectivity index (χ2n) is 5.30. The monoisotopic (exact) mass is 389 g/mol. The van der Waals surface area contributed by atoms with Gasteiger partial charge in [-0.3, -0.25) is 4.98 Å². The molecule has 4 rings (SSSR count). The highest BCUT2D eigenvalue weighted by molar-refractivity contribution is 6.13. The molecule has 0 spiro atoms. The number of nitrogens with one attached hydrogen (secondary N) is 2. The smallest absolute Gasteiger partial charge is 0.158 e. The van der Waals surface area contributed by atoms with Gasteiger partial charge in [-0.2, -0.15) is 0 Å². The van der Waals surface area contributed by atoms with Gasteiger partial charge in [0.25, 0.3) is 0 Å². The average Bonchev–Trinajstić information content (AvgIpc) is 3.28. The summed E-state index contributed by atoms with van der Waals surface area (Å²) in [5, 5.41) is 5.43. The van der Waals surface area contributed by atoms with E-state index in [0.29, 0.717) is 6.61 Å². The van der Waals surface area contributed by atoms with Crippen LogP contribution in [0.2, 0.25) is 0 Å². The van der Waals surface area contributed by atoms with Gasteiger partial charge in [-0.05, 0) is 12.1 Å². The van der Waals surface area contributed by atoms with Gasteiger partial charge in [0.05, 0.1) is 35.6 Å². The summed E-state index contributed by atoms with van der Waals surface area (Å²) in [6.07, 6.45) is 6.90. The van der Waals surface area contributed by atoms with Crippen LogP contribution >= 0.6 is 24.8 Å². The predicted octanol–water partition coefficient (Wildman–Crippen LogP) is 4.10. The Morgan fingerprint density at radius 1 is 1.04 bits per heavy atom. The van der Waals surface area contributed by atoms with Crippen LogP contribution in [0.25, 0.3) is 10.9 Å². The molecule has 6 nitrogen and oxygen atoms in total. The zero-order chi connectivity index (χ0) is 16.2. The summed E-state index contributed by atoms with van der Waals surface area (Å²) >= 11 is 0. The van der Waals surface area contributed by atoms with E-state index in [2.05, 4.69) is 25.1 Å². The van der Waals surface area contributed by atoms with Crippen LogP contribution in [-0.4, -0.2) is 25.6 Å². The van der Waals surface area contributed by atoms with Gasteiger partial charge < -0.3 is 14.8 Å².